The largest absolute Gasteiger partial charge is 0.409 e. The Balaban J connectivity index is 2.39. The second kappa shape index (κ2) is 6.19. The van der Waals surface area contributed by atoms with Crippen LogP contribution in [0.5, 0.6) is 0 Å². The Morgan fingerprint density at radius 2 is 2.33 bits per heavy atom. The fourth-order valence-electron chi connectivity index (χ4n) is 1.21. The lowest BCUT2D eigenvalue weighted by Crippen LogP contribution is -2.43. The number of alkyl halides is 3. The van der Waals surface area contributed by atoms with Gasteiger partial charge in [-0.3, -0.25) is 0 Å². The molecule has 1 rings (SSSR count). The Morgan fingerprint density at radius 3 is 2.83 bits per heavy atom. The van der Waals surface area contributed by atoms with Gasteiger partial charge >= 0.3 is 6.18 Å². The van der Waals surface area contributed by atoms with E-state index in [9.17, 15) is 13.2 Å². The highest BCUT2D eigenvalue weighted by atomic mass is 19.4. The second-order valence-electron chi connectivity index (χ2n) is 3.41. The number of hydrogen-bond donors (Lipinski definition) is 3. The number of amidine groups is 1. The maximum absolute atomic E-state index is 12.5. The molecule has 1 unspecified atom stereocenters. The van der Waals surface area contributed by atoms with Crippen LogP contribution in [0.2, 0.25) is 0 Å². The highest BCUT2D eigenvalue weighted by Gasteiger charge is 2.42. The molecule has 4 N–H and O–H groups in total. The van der Waals surface area contributed by atoms with Crippen molar-refractivity contribution in [3.8, 4) is 0 Å². The van der Waals surface area contributed by atoms with Crippen LogP contribution in [0.25, 0.3) is 0 Å². The van der Waals surface area contributed by atoms with Gasteiger partial charge in [-0.2, -0.15) is 18.2 Å². The molecule has 7 nitrogen and oxygen atoms in total. The summed E-state index contributed by atoms with van der Waals surface area (Å²) in [4.78, 5) is 3.70. The van der Waals surface area contributed by atoms with Crippen molar-refractivity contribution in [2.75, 3.05) is 13.1 Å². The number of aromatic nitrogens is 2. The molecule has 0 bridgehead atoms. The van der Waals surface area contributed by atoms with Crippen LogP contribution in [0.3, 0.4) is 0 Å². The molecule has 0 aromatic carbocycles. The van der Waals surface area contributed by atoms with Crippen molar-refractivity contribution in [1.29, 1.82) is 0 Å². The van der Waals surface area contributed by atoms with Crippen LogP contribution in [-0.2, 0) is 6.42 Å². The molecule has 0 aliphatic heterocycles. The van der Waals surface area contributed by atoms with E-state index in [1.807, 2.05) is 0 Å². The van der Waals surface area contributed by atoms with Crippen LogP contribution < -0.4 is 11.1 Å². The molecule has 0 saturated heterocycles. The van der Waals surface area contributed by atoms with Gasteiger partial charge in [-0.15, -0.1) is 0 Å². The summed E-state index contributed by atoms with van der Waals surface area (Å²) in [5.41, 5.74) is 4.98. The summed E-state index contributed by atoms with van der Waals surface area (Å²) in [7, 11) is 0. The number of rotatable bonds is 6. The minimum absolute atomic E-state index is 0.202. The van der Waals surface area contributed by atoms with Gasteiger partial charge in [-0.25, -0.2) is 0 Å². The number of nitrogens with two attached hydrogens (primary N) is 1. The standard InChI is InChI=1S/C8H12F3N5O2/c9-8(10,11)5(7(12)16-17)3-13-2-1-6-14-4-15-18-6/h4-5,13,17H,1-3H2,(H2,12,16). The molecular weight excluding hydrogens is 255 g/mol. The zero-order chi connectivity index (χ0) is 13.6. The van der Waals surface area contributed by atoms with E-state index < -0.39 is 24.5 Å². The lowest BCUT2D eigenvalue weighted by molar-refractivity contribution is -0.154. The average molecular weight is 267 g/mol. The molecule has 0 aliphatic rings. The third-order valence-corrected chi connectivity index (χ3v) is 2.14. The molecular formula is C8H12F3N5O2. The molecule has 18 heavy (non-hydrogen) atoms. The molecule has 1 aromatic heterocycles. The summed E-state index contributed by atoms with van der Waals surface area (Å²) < 4.78 is 42.2. The average Bonchev–Trinajstić information content (AvgIpc) is 2.79. The minimum atomic E-state index is -4.58. The van der Waals surface area contributed by atoms with E-state index >= 15 is 0 Å². The van der Waals surface area contributed by atoms with Gasteiger partial charge in [-0.1, -0.05) is 10.3 Å². The minimum Gasteiger partial charge on any atom is -0.409 e. The van der Waals surface area contributed by atoms with E-state index in [2.05, 4.69) is 25.1 Å². The molecule has 0 aliphatic carbocycles. The van der Waals surface area contributed by atoms with Crippen LogP contribution >= 0.6 is 0 Å². The number of nitrogens with zero attached hydrogens (tertiary/aromatic N) is 3. The van der Waals surface area contributed by atoms with Gasteiger partial charge in [0.2, 0.25) is 5.89 Å². The third-order valence-electron chi connectivity index (χ3n) is 2.14. The summed E-state index contributed by atoms with van der Waals surface area (Å²) in [6.45, 7) is -0.291. The summed E-state index contributed by atoms with van der Waals surface area (Å²) in [6.07, 6.45) is -3.08. The maximum Gasteiger partial charge on any atom is 0.400 e. The summed E-state index contributed by atoms with van der Waals surface area (Å²) in [5, 5.41) is 16.5. The first-order valence-electron chi connectivity index (χ1n) is 4.95. The van der Waals surface area contributed by atoms with Crippen molar-refractivity contribution in [3.63, 3.8) is 0 Å². The Kier molecular flexibility index (Phi) is 4.89. The predicted octanol–water partition coefficient (Wildman–Crippen LogP) is 0.127. The molecule has 1 heterocycles. The van der Waals surface area contributed by atoms with Gasteiger partial charge in [0.15, 0.2) is 12.2 Å². The lowest BCUT2D eigenvalue weighted by atomic mass is 10.1. The smallest absolute Gasteiger partial charge is 0.400 e. The molecule has 0 saturated carbocycles. The van der Waals surface area contributed by atoms with E-state index in [4.69, 9.17) is 10.9 Å². The van der Waals surface area contributed by atoms with Crippen molar-refractivity contribution >= 4 is 5.84 Å². The zero-order valence-corrected chi connectivity index (χ0v) is 9.18. The number of nitrogens with one attached hydrogen (secondary N) is 1. The summed E-state index contributed by atoms with van der Waals surface area (Å²) >= 11 is 0. The Hall–Kier alpha value is -1.84. The quantitative estimate of drug-likeness (QED) is 0.222. The van der Waals surface area contributed by atoms with E-state index in [1.165, 1.54) is 6.33 Å². The van der Waals surface area contributed by atoms with E-state index in [0.717, 1.165) is 0 Å². The van der Waals surface area contributed by atoms with E-state index in [-0.39, 0.29) is 6.54 Å². The van der Waals surface area contributed by atoms with Gasteiger partial charge in [0.05, 0.1) is 0 Å². The third kappa shape index (κ3) is 4.20. The molecule has 0 spiro atoms. The normalized spacial score (nSPS) is 14.7. The van der Waals surface area contributed by atoms with Crippen molar-refractivity contribution < 1.29 is 22.9 Å². The second-order valence-corrected chi connectivity index (χ2v) is 3.41. The van der Waals surface area contributed by atoms with Crippen LogP contribution in [-0.4, -0.2) is 40.4 Å². The fraction of sp³-hybridized carbons (Fsp3) is 0.625. The van der Waals surface area contributed by atoms with Gasteiger partial charge < -0.3 is 20.8 Å². The molecule has 0 radical (unpaired) electrons. The molecule has 1 aromatic rings. The number of oxime groups is 1. The van der Waals surface area contributed by atoms with Crippen LogP contribution in [0.1, 0.15) is 5.89 Å². The molecule has 102 valence electrons. The Morgan fingerprint density at radius 1 is 1.61 bits per heavy atom. The molecule has 0 fully saturated rings. The summed E-state index contributed by atoms with van der Waals surface area (Å²) in [6, 6.07) is 0. The highest BCUT2D eigenvalue weighted by Crippen LogP contribution is 2.25. The van der Waals surface area contributed by atoms with Crippen LogP contribution in [0.4, 0.5) is 13.2 Å². The van der Waals surface area contributed by atoms with Crippen molar-refractivity contribution in [3.05, 3.63) is 12.2 Å². The van der Waals surface area contributed by atoms with Crippen LogP contribution in [0, 0.1) is 5.92 Å². The topological polar surface area (TPSA) is 110 Å². The number of hydrogen-bond acceptors (Lipinski definition) is 6. The maximum atomic E-state index is 12.5. The lowest BCUT2D eigenvalue weighted by Gasteiger charge is -2.18. The van der Waals surface area contributed by atoms with Gasteiger partial charge in [-0.05, 0) is 0 Å². The van der Waals surface area contributed by atoms with Crippen molar-refractivity contribution in [2.45, 2.75) is 12.6 Å². The molecule has 0 amide bonds. The molecule has 1 atom stereocenters. The monoisotopic (exact) mass is 267 g/mol. The summed E-state index contributed by atoms with van der Waals surface area (Å²) in [5.74, 6) is -2.60. The Labute approximate surface area is 99.8 Å². The first-order chi connectivity index (χ1) is 8.45. The van der Waals surface area contributed by atoms with Crippen molar-refractivity contribution in [1.82, 2.24) is 15.5 Å². The van der Waals surface area contributed by atoms with Crippen molar-refractivity contribution in [2.24, 2.45) is 16.8 Å². The number of halogens is 3. The van der Waals surface area contributed by atoms with Gasteiger partial charge in [0.25, 0.3) is 0 Å². The van der Waals surface area contributed by atoms with Gasteiger partial charge in [0, 0.05) is 19.5 Å². The first kappa shape index (κ1) is 14.2. The Bertz CT molecular complexity index is 379. The zero-order valence-electron chi connectivity index (χ0n) is 9.18. The van der Waals surface area contributed by atoms with E-state index in [0.29, 0.717) is 12.3 Å². The first-order valence-corrected chi connectivity index (χ1v) is 4.95. The fourth-order valence-corrected chi connectivity index (χ4v) is 1.21. The van der Waals surface area contributed by atoms with Gasteiger partial charge in [0.1, 0.15) is 5.92 Å². The highest BCUT2D eigenvalue weighted by molar-refractivity contribution is 5.83. The SMILES string of the molecule is NC(=NO)C(CNCCc1ncno1)C(F)(F)F. The molecule has 10 heteroatoms. The van der Waals surface area contributed by atoms with Crippen LogP contribution in [0.15, 0.2) is 16.0 Å². The van der Waals surface area contributed by atoms with E-state index in [1.54, 1.807) is 0 Å². The predicted molar refractivity (Wildman–Crippen MR) is 53.8 cm³/mol.